The van der Waals surface area contributed by atoms with Gasteiger partial charge in [0.2, 0.25) is 0 Å². The van der Waals surface area contributed by atoms with E-state index in [9.17, 15) is 10.1 Å². The van der Waals surface area contributed by atoms with E-state index in [1.54, 1.807) is 6.20 Å². The number of nitrogens with one attached hydrogen (secondary N) is 2. The first kappa shape index (κ1) is 25.3. The highest BCUT2D eigenvalue weighted by Crippen LogP contribution is 2.33. The van der Waals surface area contributed by atoms with E-state index in [1.165, 1.54) is 0 Å². The fourth-order valence-electron chi connectivity index (χ4n) is 4.86. The minimum atomic E-state index is -0.914. The van der Waals surface area contributed by atoms with Gasteiger partial charge in [-0.25, -0.2) is 4.98 Å². The zero-order valence-electron chi connectivity index (χ0n) is 21.4. The molecule has 6 rings (SSSR count). The van der Waals surface area contributed by atoms with E-state index in [0.29, 0.717) is 55.2 Å². The maximum Gasteiger partial charge on any atom is 0.491 e. The number of aromatic nitrogens is 3. The normalized spacial score (nSPS) is 17.7. The predicted molar refractivity (Wildman–Crippen MR) is 147 cm³/mol. The lowest BCUT2D eigenvalue weighted by atomic mass is 9.79. The van der Waals surface area contributed by atoms with Gasteiger partial charge in [-0.3, -0.25) is 0 Å². The molecule has 39 heavy (non-hydrogen) atoms. The summed E-state index contributed by atoms with van der Waals surface area (Å²) in [6.45, 7) is 4.38. The lowest BCUT2D eigenvalue weighted by molar-refractivity contribution is 0.121. The predicted octanol–water partition coefficient (Wildman–Crippen LogP) is 2.64. The van der Waals surface area contributed by atoms with Crippen molar-refractivity contribution in [2.45, 2.75) is 19.1 Å². The van der Waals surface area contributed by atoms with Gasteiger partial charge in [-0.1, -0.05) is 36.4 Å². The molecule has 200 valence electrons. The number of rotatable bonds is 8. The van der Waals surface area contributed by atoms with Crippen LogP contribution in [0.4, 0.5) is 23.1 Å². The van der Waals surface area contributed by atoms with Crippen molar-refractivity contribution in [1.29, 1.82) is 0 Å². The minimum Gasteiger partial charge on any atom is -0.423 e. The zero-order valence-corrected chi connectivity index (χ0v) is 21.4. The van der Waals surface area contributed by atoms with E-state index in [2.05, 4.69) is 25.8 Å². The number of fused-ring (bicyclic) bond motifs is 1. The van der Waals surface area contributed by atoms with Crippen LogP contribution < -0.4 is 21.0 Å². The number of hydrogen-bond acceptors (Lipinski definition) is 11. The van der Waals surface area contributed by atoms with Gasteiger partial charge in [0.05, 0.1) is 43.2 Å². The summed E-state index contributed by atoms with van der Waals surface area (Å²) in [4.78, 5) is 11.3. The molecule has 4 N–H and O–H groups in total. The summed E-state index contributed by atoms with van der Waals surface area (Å²) < 4.78 is 16.6. The molecule has 0 radical (unpaired) electrons. The van der Waals surface area contributed by atoms with Crippen LogP contribution in [0, 0.1) is 0 Å². The number of benzene rings is 2. The third kappa shape index (κ3) is 5.32. The van der Waals surface area contributed by atoms with Crippen LogP contribution in [0.25, 0.3) is 11.5 Å². The molecule has 0 aliphatic carbocycles. The summed E-state index contributed by atoms with van der Waals surface area (Å²) in [5, 5.41) is 31.3. The Hall–Kier alpha value is -3.97. The Labute approximate surface area is 225 Å². The summed E-state index contributed by atoms with van der Waals surface area (Å²) in [7, 11) is -0.914. The smallest absolute Gasteiger partial charge is 0.423 e. The summed E-state index contributed by atoms with van der Waals surface area (Å²) in [5.74, 6) is 1.39. The molecule has 11 nitrogen and oxygen atoms in total. The van der Waals surface area contributed by atoms with E-state index < -0.39 is 7.12 Å². The number of aliphatic hydroxyl groups excluding tert-OH is 1. The lowest BCUT2D eigenvalue weighted by Gasteiger charge is -2.24. The SMILES string of the molecule is CC1OB(O)c2ccc(Nc3cc(N[C@H](CO)c4ccccc4)c(-c4nc(N5CCOCC5)no4)cn3)cc21. The van der Waals surface area contributed by atoms with Gasteiger partial charge in [-0.05, 0) is 40.8 Å². The number of anilines is 4. The summed E-state index contributed by atoms with van der Waals surface area (Å²) >= 11 is 0. The van der Waals surface area contributed by atoms with Crippen LogP contribution in [-0.4, -0.2) is 65.3 Å². The zero-order chi connectivity index (χ0) is 26.8. The highest BCUT2D eigenvalue weighted by atomic mass is 16.5. The molecule has 1 fully saturated rings. The van der Waals surface area contributed by atoms with Gasteiger partial charge in [0.15, 0.2) is 0 Å². The Kier molecular flexibility index (Phi) is 7.16. The van der Waals surface area contributed by atoms with Crippen LogP contribution in [0.3, 0.4) is 0 Å². The fraction of sp³-hybridized carbons (Fsp3) is 0.296. The summed E-state index contributed by atoms with van der Waals surface area (Å²) in [5.41, 5.74) is 4.71. The quantitative estimate of drug-likeness (QED) is 0.251. The molecule has 0 amide bonds. The van der Waals surface area contributed by atoms with Crippen LogP contribution in [0.1, 0.15) is 30.2 Å². The molecule has 1 saturated heterocycles. The molecular weight excluding hydrogens is 499 g/mol. The highest BCUT2D eigenvalue weighted by Gasteiger charge is 2.32. The average molecular weight is 528 g/mol. The molecule has 0 spiro atoms. The first-order chi connectivity index (χ1) is 19.1. The van der Waals surface area contributed by atoms with Crippen molar-refractivity contribution in [2.75, 3.05) is 48.4 Å². The monoisotopic (exact) mass is 528 g/mol. The van der Waals surface area contributed by atoms with Gasteiger partial charge < -0.3 is 39.6 Å². The second-order valence-corrected chi connectivity index (χ2v) is 9.50. The van der Waals surface area contributed by atoms with Crippen molar-refractivity contribution in [2.24, 2.45) is 0 Å². The van der Waals surface area contributed by atoms with Gasteiger partial charge in [-0.15, -0.1) is 0 Å². The highest BCUT2D eigenvalue weighted by molar-refractivity contribution is 6.61. The molecule has 0 saturated carbocycles. The standard InChI is InChI=1S/C27H29BN6O5/c1-17-20-13-19(7-8-22(20)28(36)38-17)30-25-14-23(31-24(16-35)18-5-3-2-4-6-18)21(15-29-25)26-32-27(33-39-26)34-9-11-37-12-10-34/h2-8,13-15,17,24,35-36H,9-12,16H2,1H3,(H2,29,30,31)/t17?,24-/m1/s1. The second-order valence-electron chi connectivity index (χ2n) is 9.50. The molecule has 12 heteroatoms. The van der Waals surface area contributed by atoms with Crippen molar-refractivity contribution >= 4 is 35.7 Å². The van der Waals surface area contributed by atoms with Gasteiger partial charge in [0.25, 0.3) is 11.8 Å². The van der Waals surface area contributed by atoms with Crippen LogP contribution >= 0.6 is 0 Å². The van der Waals surface area contributed by atoms with Gasteiger partial charge in [-0.2, -0.15) is 4.98 Å². The van der Waals surface area contributed by atoms with E-state index >= 15 is 0 Å². The molecule has 2 atom stereocenters. The first-order valence-electron chi connectivity index (χ1n) is 12.9. The topological polar surface area (TPSA) is 138 Å². The average Bonchev–Trinajstić information content (AvgIpc) is 3.57. The molecule has 2 aliphatic heterocycles. The third-order valence-electron chi connectivity index (χ3n) is 6.95. The fourth-order valence-corrected chi connectivity index (χ4v) is 4.86. The number of pyridine rings is 1. The van der Waals surface area contributed by atoms with Crippen LogP contribution in [0.15, 0.2) is 65.3 Å². The number of morpholine rings is 1. The molecule has 2 aromatic carbocycles. The van der Waals surface area contributed by atoms with Gasteiger partial charge in [0.1, 0.15) is 5.82 Å². The molecule has 1 unspecified atom stereocenters. The number of aliphatic hydroxyl groups is 1. The maximum atomic E-state index is 10.2. The number of hydrogen-bond donors (Lipinski definition) is 4. The Bertz CT molecular complexity index is 1430. The van der Waals surface area contributed by atoms with E-state index in [1.807, 2.05) is 66.4 Å². The van der Waals surface area contributed by atoms with Crippen molar-refractivity contribution < 1.29 is 24.0 Å². The van der Waals surface area contributed by atoms with Crippen molar-refractivity contribution in [1.82, 2.24) is 15.1 Å². The minimum absolute atomic E-state index is 0.123. The first-order valence-corrected chi connectivity index (χ1v) is 12.9. The Morgan fingerprint density at radius 1 is 1.13 bits per heavy atom. The maximum absolute atomic E-state index is 10.2. The van der Waals surface area contributed by atoms with Crippen molar-refractivity contribution in [3.63, 3.8) is 0 Å². The van der Waals surface area contributed by atoms with Crippen LogP contribution in [0.5, 0.6) is 0 Å². The number of ether oxygens (including phenoxy) is 1. The summed E-state index contributed by atoms with van der Waals surface area (Å²) in [6.07, 6.45) is 1.46. The molecule has 4 aromatic rings. The van der Waals surface area contributed by atoms with E-state index in [4.69, 9.17) is 13.9 Å². The lowest BCUT2D eigenvalue weighted by Crippen LogP contribution is -2.36. The number of nitrogens with zero attached hydrogens (tertiary/aromatic N) is 4. The van der Waals surface area contributed by atoms with Crippen LogP contribution in [-0.2, 0) is 9.39 Å². The Morgan fingerprint density at radius 3 is 2.74 bits per heavy atom. The van der Waals surface area contributed by atoms with Crippen molar-refractivity contribution in [3.8, 4) is 11.5 Å². The molecule has 4 heterocycles. The third-order valence-corrected chi connectivity index (χ3v) is 6.95. The Balaban J connectivity index is 1.32. The largest absolute Gasteiger partial charge is 0.491 e. The Morgan fingerprint density at radius 2 is 1.95 bits per heavy atom. The second kappa shape index (κ2) is 11.0. The van der Waals surface area contributed by atoms with Crippen LogP contribution in [0.2, 0.25) is 0 Å². The van der Waals surface area contributed by atoms with Crippen molar-refractivity contribution in [3.05, 3.63) is 71.9 Å². The van der Waals surface area contributed by atoms with Gasteiger partial charge >= 0.3 is 7.12 Å². The molecule has 2 aromatic heterocycles. The van der Waals surface area contributed by atoms with E-state index in [0.717, 1.165) is 22.3 Å². The summed E-state index contributed by atoms with van der Waals surface area (Å²) in [6, 6.07) is 16.9. The van der Waals surface area contributed by atoms with E-state index in [-0.39, 0.29) is 18.8 Å². The molecule has 0 bridgehead atoms. The molecular formula is C27H29BN6O5. The molecule has 2 aliphatic rings. The van der Waals surface area contributed by atoms with Gasteiger partial charge in [0, 0.05) is 31.0 Å².